The van der Waals surface area contributed by atoms with Crippen molar-refractivity contribution in [3.8, 4) is 17.1 Å². The average Bonchev–Trinajstić information content (AvgIpc) is 3.26. The molecule has 1 aliphatic heterocycles. The van der Waals surface area contributed by atoms with Gasteiger partial charge >= 0.3 is 0 Å². The number of nitrogens with one attached hydrogen (secondary N) is 1. The smallest absolute Gasteiger partial charge is 0.259 e. The third-order valence-electron chi connectivity index (χ3n) is 5.34. The third kappa shape index (κ3) is 4.04. The summed E-state index contributed by atoms with van der Waals surface area (Å²) in [7, 11) is 0. The van der Waals surface area contributed by atoms with Crippen LogP contribution < -0.4 is 10.1 Å². The van der Waals surface area contributed by atoms with Crippen molar-refractivity contribution in [3.05, 3.63) is 54.1 Å². The molecule has 1 aromatic heterocycles. The summed E-state index contributed by atoms with van der Waals surface area (Å²) >= 11 is 0. The topological polar surface area (TPSA) is 91.2 Å². The molecular formula is C22H23N5O3. The highest BCUT2D eigenvalue weighted by molar-refractivity contribution is 6.06. The Bertz CT molecular complexity index is 1040. The summed E-state index contributed by atoms with van der Waals surface area (Å²) in [5.41, 5.74) is 2.04. The molecule has 2 aliphatic rings. The quantitative estimate of drug-likeness (QED) is 0.647. The molecule has 8 nitrogen and oxygen atoms in total. The van der Waals surface area contributed by atoms with Gasteiger partial charge in [0, 0.05) is 17.9 Å². The van der Waals surface area contributed by atoms with Crippen molar-refractivity contribution in [2.45, 2.75) is 37.8 Å². The number of nitrogens with zero attached hydrogens (tertiary/aromatic N) is 4. The van der Waals surface area contributed by atoms with Gasteiger partial charge in [-0.15, -0.1) is 5.10 Å². The van der Waals surface area contributed by atoms with E-state index >= 15 is 0 Å². The zero-order valence-electron chi connectivity index (χ0n) is 16.5. The predicted molar refractivity (Wildman–Crippen MR) is 110 cm³/mol. The Labute approximate surface area is 174 Å². The van der Waals surface area contributed by atoms with Crippen LogP contribution in [0.5, 0.6) is 5.75 Å². The van der Waals surface area contributed by atoms with E-state index in [1.54, 1.807) is 6.07 Å². The van der Waals surface area contributed by atoms with Crippen LogP contribution in [0.1, 0.15) is 42.1 Å². The number of hydrogen-bond donors (Lipinski definition) is 1. The molecule has 0 radical (unpaired) electrons. The van der Waals surface area contributed by atoms with Crippen LogP contribution in [-0.2, 0) is 4.74 Å². The van der Waals surface area contributed by atoms with Crippen LogP contribution in [0, 0.1) is 0 Å². The number of rotatable bonds is 7. The van der Waals surface area contributed by atoms with Gasteiger partial charge in [0.25, 0.3) is 5.91 Å². The summed E-state index contributed by atoms with van der Waals surface area (Å²) in [6.07, 6.45) is 4.32. The number of para-hydroxylation sites is 1. The molecule has 5 rings (SSSR count). The second-order valence-electron chi connectivity index (χ2n) is 7.66. The van der Waals surface area contributed by atoms with Gasteiger partial charge in [-0.3, -0.25) is 4.79 Å². The summed E-state index contributed by atoms with van der Waals surface area (Å²) in [4.78, 5) is 12.9. The lowest BCUT2D eigenvalue weighted by Crippen LogP contribution is -2.19. The lowest BCUT2D eigenvalue weighted by Gasteiger charge is -2.14. The largest absolute Gasteiger partial charge is 0.490 e. The van der Waals surface area contributed by atoms with Gasteiger partial charge in [0.2, 0.25) is 0 Å². The molecule has 1 saturated heterocycles. The van der Waals surface area contributed by atoms with E-state index < -0.39 is 0 Å². The van der Waals surface area contributed by atoms with Crippen LogP contribution in [0.15, 0.2) is 48.5 Å². The molecule has 1 aliphatic carbocycles. The molecule has 154 valence electrons. The number of amides is 1. The number of tetrazole rings is 1. The Morgan fingerprint density at radius 2 is 2.07 bits per heavy atom. The number of carbonyl (C=O) groups is 1. The highest BCUT2D eigenvalue weighted by Gasteiger charge is 2.28. The highest BCUT2D eigenvalue weighted by Crippen LogP contribution is 2.36. The third-order valence-corrected chi connectivity index (χ3v) is 5.34. The first-order valence-corrected chi connectivity index (χ1v) is 10.3. The zero-order valence-corrected chi connectivity index (χ0v) is 16.5. The summed E-state index contributed by atoms with van der Waals surface area (Å²) in [5, 5.41) is 15.0. The van der Waals surface area contributed by atoms with Gasteiger partial charge in [-0.2, -0.15) is 0 Å². The molecule has 1 N–H and O–H groups in total. The van der Waals surface area contributed by atoms with E-state index in [0.29, 0.717) is 35.5 Å². The van der Waals surface area contributed by atoms with Gasteiger partial charge in [0.05, 0.1) is 17.7 Å². The first-order valence-electron chi connectivity index (χ1n) is 10.3. The second-order valence-corrected chi connectivity index (χ2v) is 7.66. The standard InChI is InChI=1S/C22H23N5O3/c28-22(19-8-1-2-9-20(19)30-14-18-7-4-12-29-18)23-16-6-3-5-15(13-16)21-24-25-26-27(21)17-10-11-17/h1-3,5-6,8-9,13,17-18H,4,7,10-12,14H2,(H,23,28). The zero-order chi connectivity index (χ0) is 20.3. The number of aromatic nitrogens is 4. The van der Waals surface area contributed by atoms with Crippen LogP contribution >= 0.6 is 0 Å². The lowest BCUT2D eigenvalue weighted by atomic mass is 10.1. The Hall–Kier alpha value is -3.26. The molecule has 1 atom stereocenters. The maximum atomic E-state index is 12.9. The van der Waals surface area contributed by atoms with Gasteiger partial charge in [-0.25, -0.2) is 4.68 Å². The molecule has 30 heavy (non-hydrogen) atoms. The van der Waals surface area contributed by atoms with Crippen molar-refractivity contribution in [3.63, 3.8) is 0 Å². The van der Waals surface area contributed by atoms with Crippen LogP contribution in [0.25, 0.3) is 11.4 Å². The van der Waals surface area contributed by atoms with E-state index in [4.69, 9.17) is 9.47 Å². The normalized spacial score (nSPS) is 18.3. The number of benzene rings is 2. The molecule has 2 aromatic carbocycles. The van der Waals surface area contributed by atoms with Crippen LogP contribution in [-0.4, -0.2) is 45.4 Å². The first kappa shape index (κ1) is 18.7. The Kier molecular flexibility index (Phi) is 5.15. The Morgan fingerprint density at radius 1 is 1.17 bits per heavy atom. The molecule has 1 unspecified atom stereocenters. The molecule has 0 bridgehead atoms. The molecular weight excluding hydrogens is 382 g/mol. The van der Waals surface area contributed by atoms with Gasteiger partial charge in [-0.1, -0.05) is 24.3 Å². The first-order chi connectivity index (χ1) is 14.8. The summed E-state index contributed by atoms with van der Waals surface area (Å²) < 4.78 is 13.4. The fourth-order valence-electron chi connectivity index (χ4n) is 3.62. The fraction of sp³-hybridized carbons (Fsp3) is 0.364. The summed E-state index contributed by atoms with van der Waals surface area (Å²) in [6.45, 7) is 1.22. The van der Waals surface area contributed by atoms with E-state index in [0.717, 1.165) is 37.9 Å². The average molecular weight is 405 g/mol. The molecule has 1 saturated carbocycles. The lowest BCUT2D eigenvalue weighted by molar-refractivity contribution is 0.0673. The van der Waals surface area contributed by atoms with E-state index in [1.807, 2.05) is 47.1 Å². The van der Waals surface area contributed by atoms with E-state index in [-0.39, 0.29) is 12.0 Å². The van der Waals surface area contributed by atoms with Crippen LogP contribution in [0.4, 0.5) is 5.69 Å². The molecule has 1 amide bonds. The van der Waals surface area contributed by atoms with E-state index in [9.17, 15) is 4.79 Å². The minimum absolute atomic E-state index is 0.0928. The van der Waals surface area contributed by atoms with Crippen molar-refractivity contribution < 1.29 is 14.3 Å². The number of anilines is 1. The van der Waals surface area contributed by atoms with Crippen LogP contribution in [0.3, 0.4) is 0 Å². The molecule has 8 heteroatoms. The minimum atomic E-state index is -0.225. The van der Waals surface area contributed by atoms with Crippen molar-refractivity contribution in [1.29, 1.82) is 0 Å². The molecule has 0 spiro atoms. The number of carbonyl (C=O) groups excluding carboxylic acids is 1. The summed E-state index contributed by atoms with van der Waals surface area (Å²) in [6, 6.07) is 15.2. The minimum Gasteiger partial charge on any atom is -0.490 e. The van der Waals surface area contributed by atoms with Gasteiger partial charge in [0.1, 0.15) is 12.4 Å². The SMILES string of the molecule is O=C(Nc1cccc(-c2nnnn2C2CC2)c1)c1ccccc1OCC1CCCO1. The van der Waals surface area contributed by atoms with E-state index in [2.05, 4.69) is 20.8 Å². The van der Waals surface area contributed by atoms with Gasteiger partial charge < -0.3 is 14.8 Å². The maximum Gasteiger partial charge on any atom is 0.259 e. The van der Waals surface area contributed by atoms with Crippen molar-refractivity contribution in [2.75, 3.05) is 18.5 Å². The summed E-state index contributed by atoms with van der Waals surface area (Å²) in [5.74, 6) is 1.05. The molecule has 3 aromatic rings. The fourth-order valence-corrected chi connectivity index (χ4v) is 3.62. The predicted octanol–water partition coefficient (Wildman–Crippen LogP) is 3.49. The van der Waals surface area contributed by atoms with Crippen molar-refractivity contribution in [2.24, 2.45) is 0 Å². The Morgan fingerprint density at radius 3 is 2.90 bits per heavy atom. The van der Waals surface area contributed by atoms with E-state index in [1.165, 1.54) is 0 Å². The van der Waals surface area contributed by atoms with Crippen molar-refractivity contribution >= 4 is 11.6 Å². The molecule has 2 fully saturated rings. The second kappa shape index (κ2) is 8.23. The van der Waals surface area contributed by atoms with Gasteiger partial charge in [-0.05, 0) is 60.4 Å². The maximum absolute atomic E-state index is 12.9. The van der Waals surface area contributed by atoms with Gasteiger partial charge in [0.15, 0.2) is 5.82 Å². The number of ether oxygens (including phenoxy) is 2. The highest BCUT2D eigenvalue weighted by atomic mass is 16.5. The monoisotopic (exact) mass is 405 g/mol. The van der Waals surface area contributed by atoms with Crippen molar-refractivity contribution in [1.82, 2.24) is 20.2 Å². The molecule has 2 heterocycles. The number of hydrogen-bond acceptors (Lipinski definition) is 6. The Balaban J connectivity index is 1.31. The van der Waals surface area contributed by atoms with Crippen LogP contribution in [0.2, 0.25) is 0 Å².